The van der Waals surface area contributed by atoms with Crippen molar-refractivity contribution in [3.05, 3.63) is 82.4 Å². The number of rotatable bonds is 9. The Balaban J connectivity index is 0.000000490. The van der Waals surface area contributed by atoms with Crippen molar-refractivity contribution in [1.29, 1.82) is 0 Å². The lowest BCUT2D eigenvalue weighted by Crippen LogP contribution is -2.33. The highest BCUT2D eigenvalue weighted by Gasteiger charge is 2.54. The molecule has 3 aromatic rings. The molecular weight excluding hydrogens is 683 g/mol. The molecule has 0 aromatic heterocycles. The van der Waals surface area contributed by atoms with Crippen LogP contribution in [-0.4, -0.2) is 59.1 Å². The Bertz CT molecular complexity index is 1680. The number of benzene rings is 3. The average Bonchev–Trinajstić information content (AvgIpc) is 3.32. The Morgan fingerprint density at radius 1 is 0.820 bits per heavy atom. The minimum atomic E-state index is -1.54. The Morgan fingerprint density at radius 2 is 1.32 bits per heavy atom. The maximum Gasteiger partial charge on any atom is 0.340 e. The first kappa shape index (κ1) is 38.8. The smallest absolute Gasteiger partial charge is 0.340 e. The molecule has 2 heterocycles. The van der Waals surface area contributed by atoms with Gasteiger partial charge in [0, 0.05) is 46.5 Å². The van der Waals surface area contributed by atoms with Crippen LogP contribution in [0.2, 0.25) is 0 Å². The third kappa shape index (κ3) is 7.97. The second kappa shape index (κ2) is 15.9. The van der Waals surface area contributed by atoms with Gasteiger partial charge in [-0.05, 0) is 76.8 Å². The largest absolute Gasteiger partial charge is 0.456 e. The molecule has 2 N–H and O–H groups in total. The fourth-order valence-electron chi connectivity index (χ4n) is 5.82. The molecule has 1 spiro atoms. The van der Waals surface area contributed by atoms with Crippen LogP contribution in [0.5, 0.6) is 23.0 Å². The number of halogens is 1. The third-order valence-electron chi connectivity index (χ3n) is 8.01. The van der Waals surface area contributed by atoms with Crippen molar-refractivity contribution in [3.63, 3.8) is 0 Å². The Labute approximate surface area is 298 Å². The number of amides is 1. The summed E-state index contributed by atoms with van der Waals surface area (Å²) in [5.74, 6) is -1.86. The van der Waals surface area contributed by atoms with E-state index in [4.69, 9.17) is 30.2 Å². The van der Waals surface area contributed by atoms with Crippen molar-refractivity contribution in [2.24, 2.45) is 11.8 Å². The van der Waals surface area contributed by atoms with E-state index in [2.05, 4.69) is 44.3 Å². The molecule has 5 rings (SSSR count). The molecule has 0 radical (unpaired) electrons. The normalized spacial score (nSPS) is 14.4. The molecule has 2 aliphatic heterocycles. The second-order valence-electron chi connectivity index (χ2n) is 13.1. The average molecular weight is 727 g/mol. The summed E-state index contributed by atoms with van der Waals surface area (Å²) >= 11 is 6.02. The maximum absolute atomic E-state index is 13.2. The fraction of sp³-hybridized carbons (Fsp3) is 0.405. The van der Waals surface area contributed by atoms with Crippen LogP contribution in [0.25, 0.3) is 0 Å². The molecular formula is C37H44ClN2O9P. The molecule has 0 saturated heterocycles. The van der Waals surface area contributed by atoms with Crippen molar-refractivity contribution in [3.8, 4) is 23.0 Å². The van der Waals surface area contributed by atoms with Gasteiger partial charge in [0.2, 0.25) is 0 Å². The summed E-state index contributed by atoms with van der Waals surface area (Å²) in [7, 11) is -0.437. The van der Waals surface area contributed by atoms with E-state index < -0.39 is 43.6 Å². The van der Waals surface area contributed by atoms with Crippen LogP contribution in [0.15, 0.2) is 54.6 Å². The SMILES string of the molecule is CC(C)C(=O)Oc1ccc2c(c1)Oc1cc(OC(=O)C(C)C)ccc1C21OC(=O)c2ccc(C(=O)NCO)cc21.CC(C)N(C(C)C)P(C)Cl. The molecule has 0 bridgehead atoms. The highest BCUT2D eigenvalue weighted by Crippen LogP contribution is 2.57. The summed E-state index contributed by atoms with van der Waals surface area (Å²) in [6, 6.07) is 15.1. The molecule has 0 saturated carbocycles. The molecule has 50 heavy (non-hydrogen) atoms. The fourth-order valence-corrected chi connectivity index (χ4v) is 8.15. The number of nitrogens with one attached hydrogen (secondary N) is 1. The first-order valence-electron chi connectivity index (χ1n) is 16.4. The van der Waals surface area contributed by atoms with Gasteiger partial charge in [0.05, 0.1) is 24.8 Å². The van der Waals surface area contributed by atoms with E-state index in [1.165, 1.54) is 30.3 Å². The zero-order valence-corrected chi connectivity index (χ0v) is 31.3. The summed E-state index contributed by atoms with van der Waals surface area (Å²) in [6.45, 7) is 17.1. The zero-order chi connectivity index (χ0) is 37.1. The number of nitrogens with zero attached hydrogens (tertiary/aromatic N) is 1. The molecule has 1 unspecified atom stereocenters. The minimum Gasteiger partial charge on any atom is -0.456 e. The number of fused-ring (bicyclic) bond motifs is 6. The number of hydrogen-bond acceptors (Lipinski definition) is 10. The van der Waals surface area contributed by atoms with Crippen LogP contribution < -0.4 is 19.5 Å². The lowest BCUT2D eigenvalue weighted by atomic mass is 9.77. The topological polar surface area (TPSA) is 141 Å². The van der Waals surface area contributed by atoms with Crippen LogP contribution in [-0.2, 0) is 19.9 Å². The number of aliphatic hydroxyl groups is 1. The van der Waals surface area contributed by atoms with Gasteiger partial charge in [-0.3, -0.25) is 19.1 Å². The highest BCUT2D eigenvalue weighted by atomic mass is 35.7. The molecule has 13 heteroatoms. The third-order valence-corrected chi connectivity index (χ3v) is 10.1. The van der Waals surface area contributed by atoms with Crippen LogP contribution in [0, 0.1) is 11.8 Å². The van der Waals surface area contributed by atoms with E-state index in [0.717, 1.165) is 0 Å². The van der Waals surface area contributed by atoms with Crippen LogP contribution >= 0.6 is 18.7 Å². The second-order valence-corrected chi connectivity index (χ2v) is 15.9. The molecule has 1 amide bonds. The predicted molar refractivity (Wildman–Crippen MR) is 191 cm³/mol. The Morgan fingerprint density at radius 3 is 1.72 bits per heavy atom. The lowest BCUT2D eigenvalue weighted by molar-refractivity contribution is -0.138. The van der Waals surface area contributed by atoms with Gasteiger partial charge in [-0.1, -0.05) is 38.9 Å². The minimum absolute atomic E-state index is 0.199. The van der Waals surface area contributed by atoms with E-state index in [1.807, 2.05) is 0 Å². The van der Waals surface area contributed by atoms with Gasteiger partial charge in [-0.25, -0.2) is 4.79 Å². The number of hydrogen-bond donors (Lipinski definition) is 2. The first-order valence-corrected chi connectivity index (χ1v) is 19.0. The number of ether oxygens (including phenoxy) is 4. The van der Waals surface area contributed by atoms with Gasteiger partial charge >= 0.3 is 17.9 Å². The molecule has 1 atom stereocenters. The van der Waals surface area contributed by atoms with E-state index in [-0.39, 0.29) is 46.0 Å². The number of aliphatic hydroxyl groups excluding tert-OH is 1. The van der Waals surface area contributed by atoms with Crippen molar-refractivity contribution in [2.75, 3.05) is 13.4 Å². The van der Waals surface area contributed by atoms with Crippen LogP contribution in [0.4, 0.5) is 0 Å². The first-order chi connectivity index (χ1) is 23.5. The van der Waals surface area contributed by atoms with Crippen molar-refractivity contribution in [1.82, 2.24) is 9.99 Å². The van der Waals surface area contributed by atoms with E-state index in [0.29, 0.717) is 28.8 Å². The Hall–Kier alpha value is -4.02. The summed E-state index contributed by atoms with van der Waals surface area (Å²) in [4.78, 5) is 50.3. The van der Waals surface area contributed by atoms with Gasteiger partial charge < -0.3 is 29.4 Å². The summed E-state index contributed by atoms with van der Waals surface area (Å²) < 4.78 is 25.6. The summed E-state index contributed by atoms with van der Waals surface area (Å²) in [6.07, 6.45) is 0. The van der Waals surface area contributed by atoms with Gasteiger partial charge in [0.15, 0.2) is 5.60 Å². The van der Waals surface area contributed by atoms with Gasteiger partial charge in [0.1, 0.15) is 29.7 Å². The van der Waals surface area contributed by atoms with Crippen LogP contribution in [0.3, 0.4) is 0 Å². The number of carbonyl (C=O) groups is 4. The lowest BCUT2D eigenvalue weighted by Gasteiger charge is -2.36. The number of esters is 3. The van der Waals surface area contributed by atoms with Gasteiger partial charge in [-0.2, -0.15) is 0 Å². The maximum atomic E-state index is 13.2. The Kier molecular flexibility index (Phi) is 12.3. The standard InChI is InChI=1S/C30H27NO9.C7H17ClNP/c1-15(2)27(34)37-18-6-9-21-24(12-18)39-25-13-19(38-28(35)16(3)4)7-10-22(25)30(21)23-11-17(26(33)31-14-32)5-8-20(23)29(36)40-30;1-6(2)9(7(3)4)10(5)8/h5-13,15-16,32H,14H2,1-4H3,(H,31,33);6-7H,1-5H3. The quantitative estimate of drug-likeness (QED) is 0.0996. The zero-order valence-electron chi connectivity index (χ0n) is 29.7. The monoisotopic (exact) mass is 726 g/mol. The van der Waals surface area contributed by atoms with Crippen LogP contribution in [0.1, 0.15) is 92.8 Å². The summed E-state index contributed by atoms with van der Waals surface area (Å²) in [5, 5.41) is 11.5. The molecule has 0 fully saturated rings. The van der Waals surface area contributed by atoms with Gasteiger partial charge in [0.25, 0.3) is 5.91 Å². The molecule has 268 valence electrons. The van der Waals surface area contributed by atoms with Crippen molar-refractivity contribution < 1.29 is 43.2 Å². The van der Waals surface area contributed by atoms with E-state index in [9.17, 15) is 24.3 Å². The molecule has 11 nitrogen and oxygen atoms in total. The summed E-state index contributed by atoms with van der Waals surface area (Å²) in [5.41, 5.74) is 0.153. The number of carbonyl (C=O) groups excluding carboxylic acids is 4. The molecule has 3 aromatic carbocycles. The van der Waals surface area contributed by atoms with Crippen molar-refractivity contribution >= 4 is 42.5 Å². The molecule has 0 aliphatic carbocycles. The molecule has 2 aliphatic rings. The van der Waals surface area contributed by atoms with Gasteiger partial charge in [-0.15, -0.1) is 0 Å². The highest BCUT2D eigenvalue weighted by molar-refractivity contribution is 7.81. The van der Waals surface area contributed by atoms with E-state index in [1.54, 1.807) is 52.0 Å². The predicted octanol–water partition coefficient (Wildman–Crippen LogP) is 7.34. The van der Waals surface area contributed by atoms with Crippen molar-refractivity contribution in [2.45, 2.75) is 73.1 Å². The van der Waals surface area contributed by atoms with E-state index >= 15 is 0 Å².